The van der Waals surface area contributed by atoms with Crippen LogP contribution in [0.25, 0.3) is 21.5 Å². The lowest BCUT2D eigenvalue weighted by Crippen LogP contribution is -2.53. The topological polar surface area (TPSA) is 259 Å². The second-order valence-corrected chi connectivity index (χ2v) is 22.7. The smallest absolute Gasteiger partial charge is 0.226 e. The van der Waals surface area contributed by atoms with Crippen molar-refractivity contribution in [1.29, 1.82) is 0 Å². The third kappa shape index (κ3) is 15.2. The van der Waals surface area contributed by atoms with Gasteiger partial charge in [-0.3, -0.25) is 38.4 Å². The third-order valence-electron chi connectivity index (χ3n) is 16.4. The summed E-state index contributed by atoms with van der Waals surface area (Å²) in [6.07, 6.45) is 7.25. The van der Waals surface area contributed by atoms with Crippen molar-refractivity contribution in [3.63, 3.8) is 0 Å². The van der Waals surface area contributed by atoms with Gasteiger partial charge in [0.2, 0.25) is 47.3 Å². The third-order valence-corrected chi connectivity index (χ3v) is 16.4. The zero-order chi connectivity index (χ0) is 54.6. The summed E-state index contributed by atoms with van der Waals surface area (Å²) in [7, 11) is 0. The van der Waals surface area contributed by atoms with Crippen molar-refractivity contribution in [2.75, 3.05) is 19.6 Å². The Morgan fingerprint density at radius 3 is 1.81 bits per heavy atom. The van der Waals surface area contributed by atoms with E-state index in [1.54, 1.807) is 0 Å². The van der Waals surface area contributed by atoms with Crippen LogP contribution in [0.4, 0.5) is 0 Å². The molecular formula is C60H79N9O8. The summed E-state index contributed by atoms with van der Waals surface area (Å²) in [4.78, 5) is 108. The predicted molar refractivity (Wildman–Crippen MR) is 295 cm³/mol. The van der Waals surface area contributed by atoms with E-state index in [-0.39, 0.29) is 72.7 Å². The Morgan fingerprint density at radius 2 is 1.14 bits per heavy atom. The van der Waals surface area contributed by atoms with E-state index >= 15 is 0 Å². The van der Waals surface area contributed by atoms with Gasteiger partial charge in [-0.05, 0) is 96.4 Å². The highest BCUT2D eigenvalue weighted by Crippen LogP contribution is 2.31. The summed E-state index contributed by atoms with van der Waals surface area (Å²) in [5.41, 5.74) is 7.61. The summed E-state index contributed by atoms with van der Waals surface area (Å²) < 4.78 is 0. The van der Waals surface area contributed by atoms with Gasteiger partial charge in [-0.2, -0.15) is 0 Å². The molecule has 11 atom stereocenters. The average Bonchev–Trinajstić information content (AvgIpc) is 4.24. The van der Waals surface area contributed by atoms with Crippen LogP contribution in [0.1, 0.15) is 109 Å². The van der Waals surface area contributed by atoms with Gasteiger partial charge in [0.05, 0.1) is 35.6 Å². The first kappa shape index (κ1) is 56.3. The van der Waals surface area contributed by atoms with Crippen molar-refractivity contribution in [2.24, 2.45) is 41.2 Å². The average molecular weight is 1050 g/mol. The van der Waals surface area contributed by atoms with Crippen molar-refractivity contribution in [1.82, 2.24) is 42.5 Å². The Hall–Kier alpha value is -6.88. The quantitative estimate of drug-likeness (QED) is 0.0511. The fraction of sp³-hybridized carbons (Fsp3) is 0.533. The predicted octanol–water partition coefficient (Wildman–Crippen LogP) is 4.37. The van der Waals surface area contributed by atoms with Crippen LogP contribution in [-0.2, 0) is 51.2 Å². The molecule has 412 valence electrons. The molecular weight excluding hydrogens is 975 g/mol. The molecule has 0 unspecified atom stereocenters. The molecule has 77 heavy (non-hydrogen) atoms. The van der Waals surface area contributed by atoms with E-state index in [2.05, 4.69) is 48.6 Å². The minimum Gasteiger partial charge on any atom is -0.370 e. The van der Waals surface area contributed by atoms with Crippen molar-refractivity contribution < 1.29 is 38.4 Å². The molecule has 1 saturated heterocycles. The molecule has 17 nitrogen and oxygen atoms in total. The molecule has 1 heterocycles. The molecule has 8 rings (SSSR count). The lowest BCUT2D eigenvalue weighted by molar-refractivity contribution is -0.130. The highest BCUT2D eigenvalue weighted by atomic mass is 16.2. The summed E-state index contributed by atoms with van der Waals surface area (Å²) >= 11 is 0. The molecule has 4 aromatic carbocycles. The number of hydrogen-bond donors (Lipinski definition) is 9. The number of nitrogens with two attached hydrogens (primary N) is 1. The summed E-state index contributed by atoms with van der Waals surface area (Å²) in [5.74, 6) is -4.66. The zero-order valence-electron chi connectivity index (χ0n) is 44.9. The van der Waals surface area contributed by atoms with E-state index < -0.39 is 65.7 Å². The maximum absolute atomic E-state index is 14.2. The number of amides is 8. The second-order valence-electron chi connectivity index (χ2n) is 22.7. The van der Waals surface area contributed by atoms with Crippen LogP contribution in [-0.4, -0.2) is 103 Å². The second kappa shape index (κ2) is 26.4. The molecule has 3 aliphatic carbocycles. The highest BCUT2D eigenvalue weighted by molar-refractivity contribution is 5.89. The molecule has 0 aromatic heterocycles. The standard InChI is InChI=1S/C60H79N9O8/c1-35(2)26-42(32-63-55(72)31-43(28-37-24-25-38-12-4-5-14-40(38)27-37)65-57(74)46-18-9-21-50(46)64-36(3)70)56(73)67-51-22-11-20-48(51)59(76)69-53-34-62-33-49(53)60(77)68-52-23-10-19-47(52)58(75)66-44(30-54(61)71)29-41-16-8-15-39-13-6-7-17-45(39)41/h4-8,12-17,24-25,27,35,42-44,46-53,62H,9-11,18-23,26,28-34H2,1-3H3,(H2,61,71)(H,63,72)(H,64,70)(H,65,74)(H,66,75)(H,67,73)(H,68,77)(H,69,76)/t42-,43-,44-,46-,47-,48-,49-,50-,51-,52-,53-/m0/s1. The van der Waals surface area contributed by atoms with Crippen LogP contribution in [0.5, 0.6) is 0 Å². The van der Waals surface area contributed by atoms with Crippen LogP contribution in [0.3, 0.4) is 0 Å². The molecule has 8 amide bonds. The molecule has 0 radical (unpaired) electrons. The van der Waals surface area contributed by atoms with Crippen LogP contribution in [0.2, 0.25) is 0 Å². The Morgan fingerprint density at radius 1 is 0.571 bits per heavy atom. The highest BCUT2D eigenvalue weighted by Gasteiger charge is 2.42. The van der Waals surface area contributed by atoms with Gasteiger partial charge in [0.25, 0.3) is 0 Å². The number of hydrogen-bond acceptors (Lipinski definition) is 9. The van der Waals surface area contributed by atoms with Gasteiger partial charge in [-0.15, -0.1) is 0 Å². The van der Waals surface area contributed by atoms with Crippen molar-refractivity contribution >= 4 is 68.8 Å². The maximum Gasteiger partial charge on any atom is 0.226 e. The van der Waals surface area contributed by atoms with E-state index in [0.29, 0.717) is 70.9 Å². The molecule has 10 N–H and O–H groups in total. The van der Waals surface area contributed by atoms with Crippen molar-refractivity contribution in [3.8, 4) is 0 Å². The number of primary amides is 1. The fourth-order valence-corrected chi connectivity index (χ4v) is 12.6. The van der Waals surface area contributed by atoms with Crippen LogP contribution in [0.15, 0.2) is 84.9 Å². The first-order valence-electron chi connectivity index (χ1n) is 28.1. The number of carbonyl (C=O) groups excluding carboxylic acids is 8. The number of fused-ring (bicyclic) bond motifs is 2. The Balaban J connectivity index is 0.844. The van der Waals surface area contributed by atoms with E-state index in [4.69, 9.17) is 5.73 Å². The largest absolute Gasteiger partial charge is 0.370 e. The first-order valence-corrected chi connectivity index (χ1v) is 28.1. The Kier molecular flexibility index (Phi) is 19.3. The van der Waals surface area contributed by atoms with Crippen LogP contribution >= 0.6 is 0 Å². The number of benzene rings is 4. The zero-order valence-corrected chi connectivity index (χ0v) is 44.9. The van der Waals surface area contributed by atoms with Gasteiger partial charge in [0.1, 0.15) is 0 Å². The van der Waals surface area contributed by atoms with Crippen LogP contribution < -0.4 is 48.3 Å². The minimum absolute atomic E-state index is 0.0193. The maximum atomic E-state index is 14.2. The van der Waals surface area contributed by atoms with E-state index in [1.807, 2.05) is 92.7 Å². The lowest BCUT2D eigenvalue weighted by atomic mass is 9.94. The Bertz CT molecular complexity index is 2780. The van der Waals surface area contributed by atoms with Gasteiger partial charge in [0, 0.05) is 69.6 Å². The number of rotatable bonds is 23. The van der Waals surface area contributed by atoms with E-state index in [0.717, 1.165) is 51.9 Å². The molecule has 1 aliphatic heterocycles. The van der Waals surface area contributed by atoms with Crippen molar-refractivity contribution in [3.05, 3.63) is 96.1 Å². The van der Waals surface area contributed by atoms with Gasteiger partial charge >= 0.3 is 0 Å². The molecule has 4 aliphatic rings. The number of carbonyl (C=O) groups is 8. The molecule has 0 spiro atoms. The summed E-state index contributed by atoms with van der Waals surface area (Å²) in [6, 6.07) is 25.3. The van der Waals surface area contributed by atoms with Gasteiger partial charge in [0.15, 0.2) is 0 Å². The molecule has 0 bridgehead atoms. The minimum atomic E-state index is -0.588. The SMILES string of the molecule is CC(=O)N[C@H]1CCC[C@@H]1C(=O)N[C@H](CC(=O)NC[C@H](CC(C)C)C(=O)N[C@H]1CCC[C@@H]1C(=O)N[C@H]1CNC[C@@H]1C(=O)N[C@H]1CCC[C@@H]1C(=O)N[C@H](CC(N)=O)Cc1cccc2ccccc12)Cc1ccc2ccccc2c1. The lowest BCUT2D eigenvalue weighted by Gasteiger charge is -2.28. The molecule has 17 heteroatoms. The molecule has 3 saturated carbocycles. The fourth-order valence-electron chi connectivity index (χ4n) is 12.6. The van der Waals surface area contributed by atoms with E-state index in [9.17, 15) is 38.4 Å². The van der Waals surface area contributed by atoms with Crippen molar-refractivity contribution in [2.45, 2.75) is 147 Å². The van der Waals surface area contributed by atoms with Gasteiger partial charge in [-0.25, -0.2) is 0 Å². The molecule has 4 fully saturated rings. The summed E-state index contributed by atoms with van der Waals surface area (Å²) in [6.45, 7) is 6.27. The van der Waals surface area contributed by atoms with Gasteiger partial charge in [-0.1, -0.05) is 118 Å². The monoisotopic (exact) mass is 1050 g/mol. The van der Waals surface area contributed by atoms with Gasteiger partial charge < -0.3 is 48.3 Å². The molecule has 4 aromatic rings. The normalized spacial score (nSPS) is 24.2. The first-order chi connectivity index (χ1) is 37.1. The summed E-state index contributed by atoms with van der Waals surface area (Å²) in [5, 5.41) is 29.1. The number of nitrogens with one attached hydrogen (secondary N) is 8. The van der Waals surface area contributed by atoms with E-state index in [1.165, 1.54) is 6.92 Å². The Labute approximate surface area is 451 Å². The van der Waals surface area contributed by atoms with Crippen LogP contribution in [0, 0.1) is 35.5 Å².